The van der Waals surface area contributed by atoms with Crippen LogP contribution in [0.1, 0.15) is 0 Å². The zero-order valence-corrected chi connectivity index (χ0v) is 16.4. The predicted molar refractivity (Wildman–Crippen MR) is 118 cm³/mol. The molecular weight excluding hydrogens is 386 g/mol. The number of benzene rings is 3. The zero-order valence-electron chi connectivity index (χ0n) is 15.6. The lowest BCUT2D eigenvalue weighted by Crippen LogP contribution is -2.02. The second-order valence-electron chi connectivity index (χ2n) is 6.19. The number of aromatic hydroxyl groups is 1. The SMILES string of the molecule is COc1ccc(O)c(Nc2nc3ccccc3nc2NSc2cccc(N)c2)c1. The molecule has 0 saturated heterocycles. The summed E-state index contributed by atoms with van der Waals surface area (Å²) in [7, 11) is 1.57. The van der Waals surface area contributed by atoms with E-state index in [1.807, 2.05) is 48.5 Å². The summed E-state index contributed by atoms with van der Waals surface area (Å²) < 4.78 is 8.48. The van der Waals surface area contributed by atoms with Crippen molar-refractivity contribution in [1.82, 2.24) is 9.97 Å². The van der Waals surface area contributed by atoms with Gasteiger partial charge in [0.05, 0.1) is 23.8 Å². The Morgan fingerprint density at radius 2 is 1.69 bits per heavy atom. The van der Waals surface area contributed by atoms with Crippen molar-refractivity contribution in [2.45, 2.75) is 4.90 Å². The summed E-state index contributed by atoms with van der Waals surface area (Å²) in [6, 6.07) is 20.1. The summed E-state index contributed by atoms with van der Waals surface area (Å²) in [5, 5.41) is 13.4. The van der Waals surface area contributed by atoms with Crippen molar-refractivity contribution in [2.75, 3.05) is 22.9 Å². The highest BCUT2D eigenvalue weighted by molar-refractivity contribution is 8.00. The van der Waals surface area contributed by atoms with E-state index in [9.17, 15) is 5.11 Å². The quantitative estimate of drug-likeness (QED) is 0.206. The number of phenolic OH excluding ortho intramolecular Hbond substituents is 1. The lowest BCUT2D eigenvalue weighted by Gasteiger charge is -2.14. The lowest BCUT2D eigenvalue weighted by atomic mass is 10.2. The second-order valence-corrected chi connectivity index (χ2v) is 7.07. The topological polar surface area (TPSA) is 105 Å². The number of ether oxygens (including phenoxy) is 1. The molecule has 8 heteroatoms. The first-order chi connectivity index (χ1) is 14.1. The number of phenols is 1. The van der Waals surface area contributed by atoms with E-state index in [4.69, 9.17) is 10.5 Å². The Hall–Kier alpha value is -3.65. The molecule has 29 heavy (non-hydrogen) atoms. The predicted octanol–water partition coefficient (Wildman–Crippen LogP) is 4.79. The van der Waals surface area contributed by atoms with Gasteiger partial charge in [-0.2, -0.15) is 0 Å². The van der Waals surface area contributed by atoms with Gasteiger partial charge in [0.1, 0.15) is 11.5 Å². The maximum absolute atomic E-state index is 10.2. The van der Waals surface area contributed by atoms with Crippen LogP contribution in [0, 0.1) is 0 Å². The molecule has 4 rings (SSSR count). The number of nitrogens with one attached hydrogen (secondary N) is 2. The van der Waals surface area contributed by atoms with E-state index in [1.165, 1.54) is 11.9 Å². The van der Waals surface area contributed by atoms with Crippen LogP contribution in [0.15, 0.2) is 71.6 Å². The van der Waals surface area contributed by atoms with Gasteiger partial charge in [0.15, 0.2) is 11.6 Å². The van der Waals surface area contributed by atoms with Gasteiger partial charge in [0.2, 0.25) is 0 Å². The highest BCUT2D eigenvalue weighted by Gasteiger charge is 2.12. The number of hydrogen-bond acceptors (Lipinski definition) is 8. The van der Waals surface area contributed by atoms with Gasteiger partial charge in [-0.15, -0.1) is 0 Å². The minimum atomic E-state index is 0.0789. The van der Waals surface area contributed by atoms with Crippen LogP contribution >= 0.6 is 11.9 Å². The van der Waals surface area contributed by atoms with E-state index >= 15 is 0 Å². The van der Waals surface area contributed by atoms with Crippen LogP contribution in [0.4, 0.5) is 23.0 Å². The fraction of sp³-hybridized carbons (Fsp3) is 0.0476. The Kier molecular flexibility index (Phi) is 5.26. The number of fused-ring (bicyclic) bond motifs is 1. The largest absolute Gasteiger partial charge is 0.506 e. The Balaban J connectivity index is 1.70. The molecule has 0 radical (unpaired) electrons. The molecule has 0 saturated carbocycles. The standard InChI is InChI=1S/C21H19N5O2S/c1-28-14-9-10-19(27)18(12-14)25-20-21(24-17-8-3-2-7-16(17)23-20)26-29-15-6-4-5-13(22)11-15/h2-12,27H,22H2,1H3,(H,23,25)(H,24,26). The van der Waals surface area contributed by atoms with Crippen LogP contribution in [0.3, 0.4) is 0 Å². The van der Waals surface area contributed by atoms with Crippen LogP contribution in [-0.2, 0) is 0 Å². The molecule has 0 aliphatic rings. The van der Waals surface area contributed by atoms with E-state index < -0.39 is 0 Å². The monoisotopic (exact) mass is 405 g/mol. The number of methoxy groups -OCH3 is 1. The third-order valence-electron chi connectivity index (χ3n) is 4.15. The average molecular weight is 405 g/mol. The molecule has 0 atom stereocenters. The van der Waals surface area contributed by atoms with Crippen molar-refractivity contribution in [2.24, 2.45) is 0 Å². The molecule has 3 aromatic carbocycles. The molecule has 4 aromatic rings. The second kappa shape index (κ2) is 8.15. The number of nitrogens with two attached hydrogens (primary N) is 1. The van der Waals surface area contributed by atoms with E-state index in [0.717, 1.165) is 15.9 Å². The van der Waals surface area contributed by atoms with Gasteiger partial charge < -0.3 is 25.6 Å². The molecule has 146 valence electrons. The Bertz CT molecular complexity index is 1170. The number of nitrogen functional groups attached to an aromatic ring is 1. The highest BCUT2D eigenvalue weighted by Crippen LogP contribution is 2.34. The molecule has 0 aliphatic carbocycles. The number of para-hydroxylation sites is 2. The van der Waals surface area contributed by atoms with Crippen molar-refractivity contribution in [3.63, 3.8) is 0 Å². The van der Waals surface area contributed by atoms with Crippen LogP contribution in [0.2, 0.25) is 0 Å². The average Bonchev–Trinajstić information content (AvgIpc) is 2.74. The number of hydrogen-bond donors (Lipinski definition) is 4. The third kappa shape index (κ3) is 4.27. The number of aromatic nitrogens is 2. The smallest absolute Gasteiger partial charge is 0.180 e. The first-order valence-electron chi connectivity index (χ1n) is 8.81. The van der Waals surface area contributed by atoms with Crippen LogP contribution in [0.25, 0.3) is 11.0 Å². The van der Waals surface area contributed by atoms with Gasteiger partial charge in [-0.05, 0) is 54.4 Å². The maximum Gasteiger partial charge on any atom is 0.180 e. The summed E-state index contributed by atoms with van der Waals surface area (Å²) in [5.41, 5.74) is 8.49. The fourth-order valence-electron chi connectivity index (χ4n) is 2.71. The maximum atomic E-state index is 10.2. The molecule has 0 fully saturated rings. The van der Waals surface area contributed by atoms with Gasteiger partial charge in [-0.1, -0.05) is 18.2 Å². The molecule has 1 heterocycles. The van der Waals surface area contributed by atoms with Gasteiger partial charge in [-0.25, -0.2) is 9.97 Å². The van der Waals surface area contributed by atoms with Gasteiger partial charge in [0.25, 0.3) is 0 Å². The van der Waals surface area contributed by atoms with Crippen molar-refractivity contribution in [1.29, 1.82) is 0 Å². The summed E-state index contributed by atoms with van der Waals surface area (Å²) in [5.74, 6) is 1.69. The normalized spacial score (nSPS) is 10.7. The van der Waals surface area contributed by atoms with Crippen LogP contribution in [-0.4, -0.2) is 22.2 Å². The van der Waals surface area contributed by atoms with E-state index in [-0.39, 0.29) is 5.75 Å². The summed E-state index contributed by atoms with van der Waals surface area (Å²) >= 11 is 1.37. The molecule has 1 aromatic heterocycles. The van der Waals surface area contributed by atoms with Crippen molar-refractivity contribution >= 4 is 46.0 Å². The van der Waals surface area contributed by atoms with E-state index in [1.54, 1.807) is 25.3 Å². The lowest BCUT2D eigenvalue weighted by molar-refractivity contribution is 0.413. The van der Waals surface area contributed by atoms with Crippen molar-refractivity contribution in [3.8, 4) is 11.5 Å². The molecule has 0 spiro atoms. The Morgan fingerprint density at radius 1 is 0.931 bits per heavy atom. The van der Waals surface area contributed by atoms with E-state index in [2.05, 4.69) is 20.0 Å². The minimum absolute atomic E-state index is 0.0789. The minimum Gasteiger partial charge on any atom is -0.506 e. The molecule has 0 unspecified atom stereocenters. The molecule has 0 bridgehead atoms. The number of anilines is 4. The molecule has 7 nitrogen and oxygen atoms in total. The molecule has 5 N–H and O–H groups in total. The van der Waals surface area contributed by atoms with Crippen LogP contribution in [0.5, 0.6) is 11.5 Å². The van der Waals surface area contributed by atoms with Crippen molar-refractivity contribution < 1.29 is 9.84 Å². The van der Waals surface area contributed by atoms with Gasteiger partial charge in [0, 0.05) is 16.6 Å². The molecule has 0 aliphatic heterocycles. The third-order valence-corrected chi connectivity index (χ3v) is 4.94. The molecular formula is C21H19N5O2S. The first-order valence-corrected chi connectivity index (χ1v) is 9.63. The summed E-state index contributed by atoms with van der Waals surface area (Å²) in [4.78, 5) is 10.3. The fourth-order valence-corrected chi connectivity index (χ4v) is 3.41. The van der Waals surface area contributed by atoms with Crippen LogP contribution < -0.4 is 20.5 Å². The molecule has 0 amide bonds. The van der Waals surface area contributed by atoms with Gasteiger partial charge >= 0.3 is 0 Å². The highest BCUT2D eigenvalue weighted by atomic mass is 32.2. The number of nitrogens with zero attached hydrogens (tertiary/aromatic N) is 2. The van der Waals surface area contributed by atoms with Crippen molar-refractivity contribution in [3.05, 3.63) is 66.7 Å². The van der Waals surface area contributed by atoms with E-state index in [0.29, 0.717) is 28.8 Å². The Labute approximate surface area is 172 Å². The first kappa shape index (κ1) is 18.7. The summed E-state index contributed by atoms with van der Waals surface area (Å²) in [6.07, 6.45) is 0. The Morgan fingerprint density at radius 3 is 2.41 bits per heavy atom. The van der Waals surface area contributed by atoms with Gasteiger partial charge in [-0.3, -0.25) is 0 Å². The zero-order chi connectivity index (χ0) is 20.2. The number of rotatable bonds is 6. The summed E-state index contributed by atoms with van der Waals surface area (Å²) in [6.45, 7) is 0.